The number of carbonyl (C=O) groups excluding carboxylic acids is 1. The van der Waals surface area contributed by atoms with Crippen LogP contribution in [0.15, 0.2) is 48.5 Å². The van der Waals surface area contributed by atoms with Crippen molar-refractivity contribution in [3.8, 4) is 11.8 Å². The predicted octanol–water partition coefficient (Wildman–Crippen LogP) is 4.72. The number of halogens is 1. The highest BCUT2D eigenvalue weighted by Crippen LogP contribution is 2.20. The Hall–Kier alpha value is -2.24. The molecule has 2 aromatic rings. The fourth-order valence-corrected chi connectivity index (χ4v) is 1.91. The first-order valence-corrected chi connectivity index (χ1v) is 7.42. The first kappa shape index (κ1) is 16.1. The van der Waals surface area contributed by atoms with Crippen LogP contribution in [-0.4, -0.2) is 5.91 Å². The van der Waals surface area contributed by atoms with Crippen LogP contribution in [-0.2, 0) is 4.79 Å². The highest BCUT2D eigenvalue weighted by Gasteiger charge is 2.21. The molecule has 2 aromatic carbocycles. The molecule has 112 valence electrons. The quantitative estimate of drug-likeness (QED) is 0.758. The van der Waals surface area contributed by atoms with E-state index in [4.69, 9.17) is 11.6 Å². The van der Waals surface area contributed by atoms with Gasteiger partial charge in [-0.05, 0) is 30.3 Å². The van der Waals surface area contributed by atoms with Crippen molar-refractivity contribution >= 4 is 23.2 Å². The lowest BCUT2D eigenvalue weighted by Crippen LogP contribution is -2.27. The molecular formula is C19H18ClNO. The molecule has 0 bridgehead atoms. The molecular weight excluding hydrogens is 294 g/mol. The Morgan fingerprint density at radius 2 is 1.77 bits per heavy atom. The van der Waals surface area contributed by atoms with Crippen LogP contribution in [0.25, 0.3) is 0 Å². The third-order valence-electron chi connectivity index (χ3n) is 3.02. The number of hydrogen-bond donors (Lipinski definition) is 1. The molecule has 0 saturated carbocycles. The summed E-state index contributed by atoms with van der Waals surface area (Å²) < 4.78 is 0. The molecule has 0 atom stereocenters. The Kier molecular flexibility index (Phi) is 4.90. The molecule has 0 aromatic heterocycles. The van der Waals surface area contributed by atoms with Gasteiger partial charge in [0.15, 0.2) is 0 Å². The van der Waals surface area contributed by atoms with E-state index in [1.54, 1.807) is 0 Å². The lowest BCUT2D eigenvalue weighted by molar-refractivity contribution is -0.123. The van der Waals surface area contributed by atoms with E-state index in [-0.39, 0.29) is 5.91 Å². The molecule has 1 N–H and O–H groups in total. The zero-order valence-corrected chi connectivity index (χ0v) is 13.7. The highest BCUT2D eigenvalue weighted by molar-refractivity contribution is 6.30. The lowest BCUT2D eigenvalue weighted by atomic mass is 9.95. The molecule has 0 aliphatic heterocycles. The number of carbonyl (C=O) groups is 1. The van der Waals surface area contributed by atoms with Crippen LogP contribution in [0.4, 0.5) is 5.69 Å². The zero-order valence-electron chi connectivity index (χ0n) is 12.9. The average Bonchev–Trinajstić information content (AvgIpc) is 2.45. The Morgan fingerprint density at radius 1 is 1.05 bits per heavy atom. The third kappa shape index (κ3) is 4.38. The van der Waals surface area contributed by atoms with Gasteiger partial charge in [0.25, 0.3) is 0 Å². The second-order valence-corrected chi connectivity index (χ2v) is 6.45. The van der Waals surface area contributed by atoms with Gasteiger partial charge < -0.3 is 5.32 Å². The molecule has 22 heavy (non-hydrogen) atoms. The van der Waals surface area contributed by atoms with Crippen molar-refractivity contribution in [1.29, 1.82) is 0 Å². The van der Waals surface area contributed by atoms with Gasteiger partial charge in [-0.15, -0.1) is 0 Å². The van der Waals surface area contributed by atoms with Gasteiger partial charge in [-0.25, -0.2) is 0 Å². The number of hydrogen-bond acceptors (Lipinski definition) is 1. The van der Waals surface area contributed by atoms with E-state index in [1.807, 2.05) is 69.3 Å². The molecule has 0 aliphatic rings. The molecule has 0 radical (unpaired) electrons. The standard InChI is InChI=1S/C19H18ClNO/c1-19(2,3)18(22)21-17-10-5-4-8-15(17)12-11-14-7-6-9-16(20)13-14/h4-10,13H,1-3H3,(H,21,22). The number of rotatable bonds is 1. The molecule has 0 saturated heterocycles. The van der Waals surface area contributed by atoms with E-state index in [9.17, 15) is 4.79 Å². The molecule has 1 amide bonds. The van der Waals surface area contributed by atoms with Gasteiger partial charge in [0.1, 0.15) is 0 Å². The lowest BCUT2D eigenvalue weighted by Gasteiger charge is -2.18. The van der Waals surface area contributed by atoms with Crippen LogP contribution in [0.5, 0.6) is 0 Å². The maximum atomic E-state index is 12.1. The minimum Gasteiger partial charge on any atom is -0.325 e. The molecule has 0 fully saturated rings. The van der Waals surface area contributed by atoms with E-state index in [1.165, 1.54) is 0 Å². The molecule has 2 rings (SSSR count). The normalized spacial score (nSPS) is 10.5. The van der Waals surface area contributed by atoms with E-state index >= 15 is 0 Å². The van der Waals surface area contributed by atoms with Gasteiger partial charge in [-0.1, -0.05) is 62.4 Å². The van der Waals surface area contributed by atoms with Crippen LogP contribution < -0.4 is 5.32 Å². The largest absolute Gasteiger partial charge is 0.325 e. The molecule has 0 heterocycles. The highest BCUT2D eigenvalue weighted by atomic mass is 35.5. The summed E-state index contributed by atoms with van der Waals surface area (Å²) in [5.74, 6) is 6.12. The zero-order chi connectivity index (χ0) is 16.2. The van der Waals surface area contributed by atoms with Crippen molar-refractivity contribution in [3.63, 3.8) is 0 Å². The smallest absolute Gasteiger partial charge is 0.229 e. The van der Waals surface area contributed by atoms with Crippen molar-refractivity contribution in [2.24, 2.45) is 5.41 Å². The number of benzene rings is 2. The second-order valence-electron chi connectivity index (χ2n) is 6.01. The van der Waals surface area contributed by atoms with Crippen LogP contribution in [0.1, 0.15) is 31.9 Å². The van der Waals surface area contributed by atoms with Gasteiger partial charge in [0, 0.05) is 21.6 Å². The van der Waals surface area contributed by atoms with Crippen molar-refractivity contribution in [2.75, 3.05) is 5.32 Å². The van der Waals surface area contributed by atoms with E-state index in [0.717, 1.165) is 16.8 Å². The summed E-state index contributed by atoms with van der Waals surface area (Å²) in [6, 6.07) is 14.9. The average molecular weight is 312 g/mol. The fourth-order valence-electron chi connectivity index (χ4n) is 1.72. The van der Waals surface area contributed by atoms with Gasteiger partial charge in [-0.2, -0.15) is 0 Å². The Bertz CT molecular complexity index is 748. The molecule has 0 aliphatic carbocycles. The topological polar surface area (TPSA) is 29.1 Å². The number of anilines is 1. The first-order chi connectivity index (χ1) is 10.4. The Morgan fingerprint density at radius 3 is 2.45 bits per heavy atom. The van der Waals surface area contributed by atoms with Crippen LogP contribution in [0.3, 0.4) is 0 Å². The monoisotopic (exact) mass is 311 g/mol. The van der Waals surface area contributed by atoms with Crippen molar-refractivity contribution < 1.29 is 4.79 Å². The van der Waals surface area contributed by atoms with Crippen LogP contribution >= 0.6 is 11.6 Å². The minimum absolute atomic E-state index is 0.0375. The molecule has 2 nitrogen and oxygen atoms in total. The maximum absolute atomic E-state index is 12.1. The van der Waals surface area contributed by atoms with Crippen LogP contribution in [0.2, 0.25) is 5.02 Å². The summed E-state index contributed by atoms with van der Waals surface area (Å²) in [7, 11) is 0. The summed E-state index contributed by atoms with van der Waals surface area (Å²) in [6.45, 7) is 5.63. The summed E-state index contributed by atoms with van der Waals surface area (Å²) in [5.41, 5.74) is 1.88. The van der Waals surface area contributed by atoms with Gasteiger partial charge >= 0.3 is 0 Å². The summed E-state index contributed by atoms with van der Waals surface area (Å²) in [5, 5.41) is 3.58. The maximum Gasteiger partial charge on any atom is 0.229 e. The Balaban J connectivity index is 2.28. The predicted molar refractivity (Wildman–Crippen MR) is 92.0 cm³/mol. The van der Waals surface area contributed by atoms with Crippen molar-refractivity contribution in [3.05, 3.63) is 64.7 Å². The van der Waals surface area contributed by atoms with Crippen LogP contribution in [0, 0.1) is 17.3 Å². The molecule has 0 unspecified atom stereocenters. The fraction of sp³-hybridized carbons (Fsp3) is 0.211. The SMILES string of the molecule is CC(C)(C)C(=O)Nc1ccccc1C#Cc1cccc(Cl)c1. The second kappa shape index (κ2) is 6.68. The third-order valence-corrected chi connectivity index (χ3v) is 3.26. The molecule has 3 heteroatoms. The number of nitrogens with one attached hydrogen (secondary N) is 1. The summed E-state index contributed by atoms with van der Waals surface area (Å²) in [4.78, 5) is 12.1. The van der Waals surface area contributed by atoms with Crippen molar-refractivity contribution in [2.45, 2.75) is 20.8 Å². The molecule has 0 spiro atoms. The van der Waals surface area contributed by atoms with E-state index in [2.05, 4.69) is 17.2 Å². The van der Waals surface area contributed by atoms with Gasteiger partial charge in [0.05, 0.1) is 5.69 Å². The van der Waals surface area contributed by atoms with Crippen molar-refractivity contribution in [1.82, 2.24) is 0 Å². The van der Waals surface area contributed by atoms with E-state index in [0.29, 0.717) is 5.02 Å². The number of amides is 1. The Labute approximate surface area is 136 Å². The van der Waals surface area contributed by atoms with Gasteiger partial charge in [-0.3, -0.25) is 4.79 Å². The first-order valence-electron chi connectivity index (χ1n) is 7.04. The van der Waals surface area contributed by atoms with E-state index < -0.39 is 5.41 Å². The number of para-hydroxylation sites is 1. The minimum atomic E-state index is -0.451. The summed E-state index contributed by atoms with van der Waals surface area (Å²) >= 11 is 5.95. The van der Waals surface area contributed by atoms with Gasteiger partial charge in [0.2, 0.25) is 5.91 Å². The summed E-state index contributed by atoms with van der Waals surface area (Å²) in [6.07, 6.45) is 0.